The van der Waals surface area contributed by atoms with E-state index in [9.17, 15) is 4.79 Å². The van der Waals surface area contributed by atoms with E-state index in [1.807, 2.05) is 4.90 Å². The number of carbonyl (C=O) groups excluding carboxylic acids is 1. The summed E-state index contributed by atoms with van der Waals surface area (Å²) in [6, 6.07) is 2.10. The van der Waals surface area contributed by atoms with Crippen molar-refractivity contribution in [2.45, 2.75) is 26.2 Å². The van der Waals surface area contributed by atoms with Crippen LogP contribution in [0.1, 0.15) is 24.6 Å². The molecule has 1 aromatic rings. The lowest BCUT2D eigenvalue weighted by Gasteiger charge is -2.23. The summed E-state index contributed by atoms with van der Waals surface area (Å²) in [5, 5.41) is 2.06. The lowest BCUT2D eigenvalue weighted by atomic mass is 10.1. The predicted molar refractivity (Wildman–Crippen MR) is 81.5 cm³/mol. The molecule has 1 aliphatic rings. The molecule has 1 atom stereocenters. The van der Waals surface area contributed by atoms with Gasteiger partial charge < -0.3 is 9.64 Å². The van der Waals surface area contributed by atoms with Crippen LogP contribution < -0.4 is 0 Å². The number of hydrogen-bond donors (Lipinski definition) is 0. The smallest absolute Gasteiger partial charge is 0.222 e. The molecule has 5 heteroatoms. The van der Waals surface area contributed by atoms with Crippen molar-refractivity contribution in [3.05, 3.63) is 20.8 Å². The first-order chi connectivity index (χ1) is 9.19. The largest absolute Gasteiger partial charge is 0.381 e. The van der Waals surface area contributed by atoms with Crippen LogP contribution in [-0.4, -0.2) is 37.1 Å². The van der Waals surface area contributed by atoms with Crippen molar-refractivity contribution in [1.82, 2.24) is 4.90 Å². The predicted octanol–water partition coefficient (Wildman–Crippen LogP) is 3.33. The lowest BCUT2D eigenvalue weighted by Crippen LogP contribution is -2.35. The Labute approximate surface area is 127 Å². The van der Waals surface area contributed by atoms with E-state index in [-0.39, 0.29) is 5.91 Å². The van der Waals surface area contributed by atoms with Crippen LogP contribution >= 0.6 is 27.3 Å². The Kier molecular flexibility index (Phi) is 5.85. The Hall–Kier alpha value is -0.390. The summed E-state index contributed by atoms with van der Waals surface area (Å²) in [7, 11) is 0. The number of aryl methyl sites for hydroxylation is 1. The highest BCUT2D eigenvalue weighted by Crippen LogP contribution is 2.21. The zero-order chi connectivity index (χ0) is 13.7. The molecule has 1 aliphatic heterocycles. The second-order valence-electron chi connectivity index (χ2n) is 4.89. The molecule has 1 aromatic heterocycles. The minimum Gasteiger partial charge on any atom is -0.381 e. The summed E-state index contributed by atoms with van der Waals surface area (Å²) in [6.07, 6.45) is 2.53. The molecule has 1 unspecified atom stereocenters. The molecule has 0 bridgehead atoms. The fourth-order valence-electron chi connectivity index (χ4n) is 2.32. The summed E-state index contributed by atoms with van der Waals surface area (Å²) in [6.45, 7) is 5.35. The van der Waals surface area contributed by atoms with Gasteiger partial charge >= 0.3 is 0 Å². The third-order valence-electron chi connectivity index (χ3n) is 3.44. The Morgan fingerprint density at radius 3 is 3.05 bits per heavy atom. The van der Waals surface area contributed by atoms with Gasteiger partial charge in [-0.1, -0.05) is 0 Å². The number of amides is 1. The van der Waals surface area contributed by atoms with E-state index in [1.165, 1.54) is 4.88 Å². The van der Waals surface area contributed by atoms with Crippen molar-refractivity contribution in [1.29, 1.82) is 0 Å². The van der Waals surface area contributed by atoms with Crippen LogP contribution in [0.4, 0.5) is 0 Å². The van der Waals surface area contributed by atoms with E-state index in [4.69, 9.17) is 4.74 Å². The van der Waals surface area contributed by atoms with Crippen molar-refractivity contribution < 1.29 is 9.53 Å². The van der Waals surface area contributed by atoms with Crippen LogP contribution in [0, 0.1) is 5.92 Å². The van der Waals surface area contributed by atoms with Gasteiger partial charge in [0.15, 0.2) is 0 Å². The van der Waals surface area contributed by atoms with Gasteiger partial charge in [-0.3, -0.25) is 4.79 Å². The van der Waals surface area contributed by atoms with Gasteiger partial charge in [-0.05, 0) is 41.8 Å². The van der Waals surface area contributed by atoms with Gasteiger partial charge in [-0.25, -0.2) is 0 Å². The van der Waals surface area contributed by atoms with Crippen molar-refractivity contribution in [3.8, 4) is 0 Å². The van der Waals surface area contributed by atoms with Gasteiger partial charge in [0.2, 0.25) is 5.91 Å². The molecule has 3 nitrogen and oxygen atoms in total. The highest BCUT2D eigenvalue weighted by atomic mass is 79.9. The first kappa shape index (κ1) is 15.0. The maximum Gasteiger partial charge on any atom is 0.222 e. The summed E-state index contributed by atoms with van der Waals surface area (Å²) < 4.78 is 6.48. The molecule has 0 radical (unpaired) electrons. The highest BCUT2D eigenvalue weighted by Gasteiger charge is 2.21. The van der Waals surface area contributed by atoms with E-state index >= 15 is 0 Å². The molecule has 106 valence electrons. The number of ether oxygens (including phenoxy) is 1. The van der Waals surface area contributed by atoms with Crippen LogP contribution in [0.25, 0.3) is 0 Å². The van der Waals surface area contributed by atoms with Crippen LogP contribution in [0.5, 0.6) is 0 Å². The number of carbonyl (C=O) groups is 1. The van der Waals surface area contributed by atoms with Crippen molar-refractivity contribution in [2.24, 2.45) is 5.92 Å². The summed E-state index contributed by atoms with van der Waals surface area (Å²) in [5.74, 6) is 0.790. The van der Waals surface area contributed by atoms with Gasteiger partial charge in [0.1, 0.15) is 0 Å². The first-order valence-electron chi connectivity index (χ1n) is 6.77. The van der Waals surface area contributed by atoms with Gasteiger partial charge in [-0.2, -0.15) is 0 Å². The van der Waals surface area contributed by atoms with E-state index in [1.54, 1.807) is 11.3 Å². The molecule has 0 spiro atoms. The van der Waals surface area contributed by atoms with Crippen molar-refractivity contribution >= 4 is 33.2 Å². The zero-order valence-electron chi connectivity index (χ0n) is 11.2. The van der Waals surface area contributed by atoms with E-state index in [2.05, 4.69) is 34.3 Å². The molecule has 19 heavy (non-hydrogen) atoms. The van der Waals surface area contributed by atoms with E-state index in [0.29, 0.717) is 12.3 Å². The molecule has 0 N–H and O–H groups in total. The zero-order valence-corrected chi connectivity index (χ0v) is 13.6. The van der Waals surface area contributed by atoms with Gasteiger partial charge in [0.25, 0.3) is 0 Å². The topological polar surface area (TPSA) is 29.5 Å². The van der Waals surface area contributed by atoms with Gasteiger partial charge in [-0.15, -0.1) is 11.3 Å². The molecule has 2 rings (SSSR count). The minimum atomic E-state index is 0.263. The molecule has 0 saturated carbocycles. The number of rotatable bonds is 6. The van der Waals surface area contributed by atoms with E-state index in [0.717, 1.165) is 43.6 Å². The molecule has 2 heterocycles. The quantitative estimate of drug-likeness (QED) is 0.791. The number of hydrogen-bond acceptors (Lipinski definition) is 3. The normalized spacial score (nSPS) is 18.7. The number of thiophene rings is 1. The maximum absolute atomic E-state index is 12.2. The standard InChI is InChI=1S/C14H20BrNO2S/c1-2-16(8-11-5-6-18-9-11)14(17)4-3-13-7-12(15)10-19-13/h7,10-11H,2-6,8-9H2,1H3. The highest BCUT2D eigenvalue weighted by molar-refractivity contribution is 9.10. The number of nitrogens with zero attached hydrogens (tertiary/aromatic N) is 1. The van der Waals surface area contributed by atoms with Crippen molar-refractivity contribution in [2.75, 3.05) is 26.3 Å². The first-order valence-corrected chi connectivity index (χ1v) is 8.44. The third kappa shape index (κ3) is 4.58. The third-order valence-corrected chi connectivity index (χ3v) is 5.20. The van der Waals surface area contributed by atoms with Crippen LogP contribution in [-0.2, 0) is 16.0 Å². The molecule has 0 aliphatic carbocycles. The Balaban J connectivity index is 1.79. The molecule has 0 aromatic carbocycles. The summed E-state index contributed by atoms with van der Waals surface area (Å²) in [5.41, 5.74) is 0. The fourth-order valence-corrected chi connectivity index (χ4v) is 3.77. The monoisotopic (exact) mass is 345 g/mol. The van der Waals surface area contributed by atoms with Gasteiger partial charge in [0, 0.05) is 46.8 Å². The molecular weight excluding hydrogens is 326 g/mol. The maximum atomic E-state index is 12.2. The molecule has 1 saturated heterocycles. The van der Waals surface area contributed by atoms with Crippen LogP contribution in [0.15, 0.2) is 15.9 Å². The molecule has 1 amide bonds. The SMILES string of the molecule is CCN(CC1CCOC1)C(=O)CCc1cc(Br)cs1. The Bertz CT molecular complexity index is 415. The average Bonchev–Trinajstić information content (AvgIpc) is 3.04. The fraction of sp³-hybridized carbons (Fsp3) is 0.643. The Morgan fingerprint density at radius 2 is 2.47 bits per heavy atom. The van der Waals surface area contributed by atoms with E-state index < -0.39 is 0 Å². The summed E-state index contributed by atoms with van der Waals surface area (Å²) >= 11 is 5.15. The molecular formula is C14H20BrNO2S. The van der Waals surface area contributed by atoms with Gasteiger partial charge in [0.05, 0.1) is 6.61 Å². The average molecular weight is 346 g/mol. The Morgan fingerprint density at radius 1 is 1.63 bits per heavy atom. The second kappa shape index (κ2) is 7.41. The lowest BCUT2D eigenvalue weighted by molar-refractivity contribution is -0.131. The van der Waals surface area contributed by atoms with Crippen LogP contribution in [0.2, 0.25) is 0 Å². The second-order valence-corrected chi connectivity index (χ2v) is 6.80. The summed E-state index contributed by atoms with van der Waals surface area (Å²) in [4.78, 5) is 15.5. The number of halogens is 1. The van der Waals surface area contributed by atoms with Crippen LogP contribution in [0.3, 0.4) is 0 Å². The molecule has 1 fully saturated rings. The van der Waals surface area contributed by atoms with Crippen molar-refractivity contribution in [3.63, 3.8) is 0 Å². The minimum absolute atomic E-state index is 0.263.